The van der Waals surface area contributed by atoms with Crippen molar-refractivity contribution in [1.29, 1.82) is 0 Å². The van der Waals surface area contributed by atoms with Crippen LogP contribution in [0.2, 0.25) is 0 Å². The number of halogens is 3. The molecule has 0 aromatic carbocycles. The highest BCUT2D eigenvalue weighted by Gasteiger charge is 2.72. The third kappa shape index (κ3) is 3.01. The summed E-state index contributed by atoms with van der Waals surface area (Å²) in [4.78, 5) is 0. The zero-order chi connectivity index (χ0) is 18.6. The minimum absolute atomic E-state index is 0.396. The summed E-state index contributed by atoms with van der Waals surface area (Å²) in [6.45, 7) is 12.5. The van der Waals surface area contributed by atoms with Crippen LogP contribution in [0.25, 0.3) is 0 Å². The number of hydrogen-bond donors (Lipinski definition) is 0. The SMILES string of the molecule is C=C[S+]1CCO[C@@H]2[C@H]3CC[C@@](C)([C@@H]21)C3(C)C.O=S(=O)([O-])C(F)(F)F. The molecule has 1 unspecified atom stereocenters. The molecule has 2 aliphatic carbocycles. The normalized spacial score (nSPS) is 40.5. The maximum atomic E-state index is 10.7. The lowest BCUT2D eigenvalue weighted by atomic mass is 9.71. The van der Waals surface area contributed by atoms with Crippen molar-refractivity contribution in [3.63, 3.8) is 0 Å². The van der Waals surface area contributed by atoms with Gasteiger partial charge in [0.15, 0.2) is 15.4 Å². The van der Waals surface area contributed by atoms with Crippen LogP contribution in [0.1, 0.15) is 33.6 Å². The van der Waals surface area contributed by atoms with Gasteiger partial charge in [-0.2, -0.15) is 13.2 Å². The van der Waals surface area contributed by atoms with E-state index in [0.717, 1.165) is 17.8 Å². The highest BCUT2D eigenvalue weighted by Crippen LogP contribution is 2.68. The first kappa shape index (κ1) is 20.1. The molecular weight excluding hydrogens is 365 g/mol. The van der Waals surface area contributed by atoms with Crippen molar-refractivity contribution in [2.45, 2.75) is 50.5 Å². The van der Waals surface area contributed by atoms with Crippen LogP contribution in [-0.2, 0) is 25.7 Å². The second-order valence-corrected chi connectivity index (χ2v) is 10.8. The van der Waals surface area contributed by atoms with Crippen LogP contribution in [-0.4, -0.2) is 42.2 Å². The zero-order valence-corrected chi connectivity index (χ0v) is 15.6. The monoisotopic (exact) mass is 388 g/mol. The van der Waals surface area contributed by atoms with Gasteiger partial charge in [0.05, 0.1) is 6.61 Å². The third-order valence-electron chi connectivity index (χ3n) is 6.15. The first-order valence-electron chi connectivity index (χ1n) is 7.72. The van der Waals surface area contributed by atoms with Crippen molar-refractivity contribution in [3.05, 3.63) is 12.0 Å². The topological polar surface area (TPSA) is 66.4 Å². The molecule has 0 aromatic heterocycles. The standard InChI is InChI=1S/C14H23OS.CHF3O3S/c1-5-16-9-8-15-11-10-6-7-14(4,12(11)16)13(10,2)3;2-1(3,4)8(5,6)7/h5,10-12H,1,6-9H2,2-4H3;(H,5,6,7)/q+1;/p-1/t10-,11-,12-,14+,16?;/m1./s1. The van der Waals surface area contributed by atoms with Crippen LogP contribution >= 0.6 is 0 Å². The van der Waals surface area contributed by atoms with Gasteiger partial charge in [0, 0.05) is 16.3 Å². The van der Waals surface area contributed by atoms with Gasteiger partial charge < -0.3 is 9.29 Å². The smallest absolute Gasteiger partial charge is 0.485 e. The van der Waals surface area contributed by atoms with Crippen molar-refractivity contribution < 1.29 is 30.9 Å². The van der Waals surface area contributed by atoms with Gasteiger partial charge in [-0.3, -0.25) is 0 Å². The molecule has 0 amide bonds. The lowest BCUT2D eigenvalue weighted by Gasteiger charge is -2.39. The predicted octanol–water partition coefficient (Wildman–Crippen LogP) is 3.02. The molecule has 5 atom stereocenters. The Labute approximate surface area is 143 Å². The van der Waals surface area contributed by atoms with Crippen LogP contribution in [0, 0.1) is 16.7 Å². The van der Waals surface area contributed by atoms with Crippen LogP contribution in [0.3, 0.4) is 0 Å². The number of ether oxygens (including phenoxy) is 1. The number of rotatable bonds is 1. The van der Waals surface area contributed by atoms with Gasteiger partial charge >= 0.3 is 5.51 Å². The van der Waals surface area contributed by atoms with E-state index in [1.165, 1.54) is 18.6 Å². The Morgan fingerprint density at radius 2 is 1.88 bits per heavy atom. The Kier molecular flexibility index (Phi) is 5.16. The highest BCUT2D eigenvalue weighted by atomic mass is 32.2. The van der Waals surface area contributed by atoms with E-state index in [1.54, 1.807) is 0 Å². The van der Waals surface area contributed by atoms with Gasteiger partial charge in [0.25, 0.3) is 0 Å². The summed E-state index contributed by atoms with van der Waals surface area (Å²) in [6, 6.07) is 0. The van der Waals surface area contributed by atoms with E-state index in [1.807, 2.05) is 0 Å². The predicted molar refractivity (Wildman–Crippen MR) is 86.3 cm³/mol. The van der Waals surface area contributed by atoms with Crippen LogP contribution in [0.5, 0.6) is 0 Å². The molecule has 3 fully saturated rings. The Bertz CT molecular complexity index is 602. The van der Waals surface area contributed by atoms with Crippen LogP contribution in [0.15, 0.2) is 12.0 Å². The van der Waals surface area contributed by atoms with Gasteiger partial charge in [0.1, 0.15) is 17.3 Å². The second kappa shape index (κ2) is 6.17. The average molecular weight is 388 g/mol. The third-order valence-corrected chi connectivity index (χ3v) is 9.22. The largest absolute Gasteiger partial charge is 0.741 e. The molecule has 1 saturated heterocycles. The molecule has 0 spiro atoms. The molecule has 24 heavy (non-hydrogen) atoms. The minimum atomic E-state index is -6.09. The number of hydrogen-bond acceptors (Lipinski definition) is 4. The van der Waals surface area contributed by atoms with Gasteiger partial charge in [-0.25, -0.2) is 8.42 Å². The molecular formula is C15H23F3O4S2. The lowest BCUT2D eigenvalue weighted by Crippen LogP contribution is -2.50. The average Bonchev–Trinajstić information content (AvgIpc) is 2.77. The molecule has 2 saturated carbocycles. The second-order valence-electron chi connectivity index (χ2n) is 7.28. The first-order valence-corrected chi connectivity index (χ1v) is 10.6. The molecule has 0 radical (unpaired) electrons. The molecule has 4 nitrogen and oxygen atoms in total. The number of alkyl halides is 3. The molecule has 0 N–H and O–H groups in total. The Morgan fingerprint density at radius 3 is 2.33 bits per heavy atom. The summed E-state index contributed by atoms with van der Waals surface area (Å²) in [5.74, 6) is 2.00. The van der Waals surface area contributed by atoms with E-state index in [2.05, 4.69) is 32.8 Å². The van der Waals surface area contributed by atoms with Gasteiger partial charge in [-0.05, 0) is 24.2 Å². The quantitative estimate of drug-likeness (QED) is 0.393. The maximum Gasteiger partial charge on any atom is 0.485 e. The van der Waals surface area contributed by atoms with Crippen molar-refractivity contribution in [2.24, 2.45) is 16.7 Å². The van der Waals surface area contributed by atoms with E-state index >= 15 is 0 Å². The fraction of sp³-hybridized carbons (Fsp3) is 0.867. The summed E-state index contributed by atoms with van der Waals surface area (Å²) in [5.41, 5.74) is -4.70. The van der Waals surface area contributed by atoms with E-state index < -0.39 is 15.6 Å². The molecule has 3 aliphatic rings. The van der Waals surface area contributed by atoms with Crippen LogP contribution in [0.4, 0.5) is 13.2 Å². The Balaban J connectivity index is 0.000000224. The van der Waals surface area contributed by atoms with Crippen molar-refractivity contribution in [3.8, 4) is 0 Å². The van der Waals surface area contributed by atoms with E-state index in [9.17, 15) is 13.2 Å². The van der Waals surface area contributed by atoms with E-state index in [4.69, 9.17) is 17.7 Å². The fourth-order valence-corrected chi connectivity index (χ4v) is 7.14. The van der Waals surface area contributed by atoms with Gasteiger partial charge in [-0.15, -0.1) is 0 Å². The first-order chi connectivity index (χ1) is 10.8. The van der Waals surface area contributed by atoms with Gasteiger partial charge in [0.2, 0.25) is 0 Å². The molecule has 9 heteroatoms. The number of fused-ring (bicyclic) bond motifs is 5. The molecule has 1 heterocycles. The molecule has 1 aliphatic heterocycles. The summed E-state index contributed by atoms with van der Waals surface area (Å²) < 4.78 is 65.0. The van der Waals surface area contributed by atoms with E-state index in [0.29, 0.717) is 27.8 Å². The Morgan fingerprint density at radius 1 is 1.33 bits per heavy atom. The van der Waals surface area contributed by atoms with E-state index in [-0.39, 0.29) is 0 Å². The maximum absolute atomic E-state index is 10.7. The molecule has 0 aromatic rings. The van der Waals surface area contributed by atoms with Crippen molar-refractivity contribution in [1.82, 2.24) is 0 Å². The molecule has 3 rings (SSSR count). The highest BCUT2D eigenvalue weighted by molar-refractivity contribution is 8.00. The molecule has 140 valence electrons. The summed E-state index contributed by atoms with van der Waals surface area (Å²) >= 11 is 0. The molecule has 2 bridgehead atoms. The Hall–Kier alpha value is -0.250. The van der Waals surface area contributed by atoms with Gasteiger partial charge in [-0.1, -0.05) is 27.4 Å². The van der Waals surface area contributed by atoms with Crippen LogP contribution < -0.4 is 0 Å². The van der Waals surface area contributed by atoms with Crippen molar-refractivity contribution >= 4 is 21.0 Å². The summed E-state index contributed by atoms with van der Waals surface area (Å²) in [7, 11) is -5.69. The summed E-state index contributed by atoms with van der Waals surface area (Å²) in [5, 5.41) is 2.98. The lowest BCUT2D eigenvalue weighted by molar-refractivity contribution is -0.0517. The van der Waals surface area contributed by atoms with Crippen molar-refractivity contribution in [2.75, 3.05) is 12.4 Å². The fourth-order valence-electron chi connectivity index (χ4n) is 4.52. The zero-order valence-electron chi connectivity index (χ0n) is 13.9. The summed E-state index contributed by atoms with van der Waals surface area (Å²) in [6.07, 6.45) is 3.30. The minimum Gasteiger partial charge on any atom is -0.741 e.